The molecule has 0 fully saturated rings. The number of hydrogen-bond donors (Lipinski definition) is 1. The standard InChI is InChI=1S/C17H15Cl2NO3/c1-22-13-6-3-11(16(10-13)23-2)4-8-17(21)20-15-7-5-12(18)9-14(15)19/h3-10H,1-2H3,(H,20,21)/b8-4+. The largest absolute Gasteiger partial charge is 0.497 e. The van der Waals surface area contributed by atoms with Crippen LogP contribution < -0.4 is 14.8 Å². The Kier molecular flexibility index (Phi) is 5.90. The fourth-order valence-corrected chi connectivity index (χ4v) is 2.34. The number of amides is 1. The number of nitrogens with one attached hydrogen (secondary N) is 1. The zero-order valence-electron chi connectivity index (χ0n) is 12.6. The van der Waals surface area contributed by atoms with Crippen molar-refractivity contribution in [1.82, 2.24) is 0 Å². The van der Waals surface area contributed by atoms with Gasteiger partial charge in [-0.25, -0.2) is 0 Å². The van der Waals surface area contributed by atoms with Crippen LogP contribution in [-0.2, 0) is 4.79 Å². The van der Waals surface area contributed by atoms with Gasteiger partial charge in [-0.05, 0) is 36.4 Å². The SMILES string of the molecule is COc1ccc(/C=C/C(=O)Nc2ccc(Cl)cc2Cl)c(OC)c1. The molecule has 0 aliphatic rings. The van der Waals surface area contributed by atoms with Crippen LogP contribution in [-0.4, -0.2) is 20.1 Å². The van der Waals surface area contributed by atoms with Crippen LogP contribution >= 0.6 is 23.2 Å². The fourth-order valence-electron chi connectivity index (χ4n) is 1.89. The molecule has 2 aromatic rings. The number of rotatable bonds is 5. The molecule has 0 aromatic heterocycles. The Morgan fingerprint density at radius 2 is 1.87 bits per heavy atom. The van der Waals surface area contributed by atoms with Crippen molar-refractivity contribution in [3.8, 4) is 11.5 Å². The molecule has 0 radical (unpaired) electrons. The molecule has 0 heterocycles. The van der Waals surface area contributed by atoms with Crippen molar-refractivity contribution < 1.29 is 14.3 Å². The molecule has 0 atom stereocenters. The summed E-state index contributed by atoms with van der Waals surface area (Å²) in [5.41, 5.74) is 1.25. The molecular weight excluding hydrogens is 337 g/mol. The van der Waals surface area contributed by atoms with Crippen LogP contribution in [0.15, 0.2) is 42.5 Å². The molecular formula is C17H15Cl2NO3. The van der Waals surface area contributed by atoms with E-state index in [4.69, 9.17) is 32.7 Å². The van der Waals surface area contributed by atoms with Crippen molar-refractivity contribution in [2.45, 2.75) is 0 Å². The van der Waals surface area contributed by atoms with Gasteiger partial charge in [0, 0.05) is 22.7 Å². The smallest absolute Gasteiger partial charge is 0.248 e. The second-order valence-electron chi connectivity index (χ2n) is 4.55. The molecule has 23 heavy (non-hydrogen) atoms. The highest BCUT2D eigenvalue weighted by Crippen LogP contribution is 2.27. The van der Waals surface area contributed by atoms with E-state index in [2.05, 4.69) is 5.32 Å². The van der Waals surface area contributed by atoms with Gasteiger partial charge in [-0.1, -0.05) is 23.2 Å². The third-order valence-corrected chi connectivity index (χ3v) is 3.59. The second-order valence-corrected chi connectivity index (χ2v) is 5.40. The summed E-state index contributed by atoms with van der Waals surface area (Å²) in [6.07, 6.45) is 3.05. The lowest BCUT2D eigenvalue weighted by Crippen LogP contribution is -2.08. The summed E-state index contributed by atoms with van der Waals surface area (Å²) in [6.45, 7) is 0. The highest BCUT2D eigenvalue weighted by Gasteiger charge is 2.05. The zero-order valence-corrected chi connectivity index (χ0v) is 14.1. The number of ether oxygens (including phenoxy) is 2. The van der Waals surface area contributed by atoms with Crippen LogP contribution in [0.5, 0.6) is 11.5 Å². The number of hydrogen-bond acceptors (Lipinski definition) is 3. The zero-order chi connectivity index (χ0) is 16.8. The van der Waals surface area contributed by atoms with E-state index in [1.165, 1.54) is 6.08 Å². The van der Waals surface area contributed by atoms with Crippen molar-refractivity contribution in [3.05, 3.63) is 58.1 Å². The summed E-state index contributed by atoms with van der Waals surface area (Å²) in [4.78, 5) is 12.0. The van der Waals surface area contributed by atoms with Crippen LogP contribution in [0.1, 0.15) is 5.56 Å². The molecule has 120 valence electrons. The highest BCUT2D eigenvalue weighted by atomic mass is 35.5. The fraction of sp³-hybridized carbons (Fsp3) is 0.118. The number of methoxy groups -OCH3 is 2. The quantitative estimate of drug-likeness (QED) is 0.796. The number of anilines is 1. The van der Waals surface area contributed by atoms with Gasteiger partial charge in [-0.3, -0.25) is 4.79 Å². The van der Waals surface area contributed by atoms with E-state index in [-0.39, 0.29) is 5.91 Å². The van der Waals surface area contributed by atoms with E-state index in [0.29, 0.717) is 27.2 Å². The minimum absolute atomic E-state index is 0.313. The maximum absolute atomic E-state index is 12.0. The monoisotopic (exact) mass is 351 g/mol. The van der Waals surface area contributed by atoms with E-state index in [0.717, 1.165) is 5.56 Å². The van der Waals surface area contributed by atoms with Crippen LogP contribution in [0.25, 0.3) is 6.08 Å². The average Bonchev–Trinajstić information content (AvgIpc) is 2.55. The van der Waals surface area contributed by atoms with Crippen molar-refractivity contribution >= 4 is 40.9 Å². The number of carbonyl (C=O) groups excluding carboxylic acids is 1. The Balaban J connectivity index is 2.12. The van der Waals surface area contributed by atoms with Crippen molar-refractivity contribution in [2.75, 3.05) is 19.5 Å². The molecule has 1 N–H and O–H groups in total. The minimum atomic E-state index is -0.313. The lowest BCUT2D eigenvalue weighted by molar-refractivity contribution is -0.111. The Morgan fingerprint density at radius 1 is 1.09 bits per heavy atom. The van der Waals surface area contributed by atoms with Crippen LogP contribution in [0.4, 0.5) is 5.69 Å². The Bertz CT molecular complexity index is 745. The molecule has 6 heteroatoms. The molecule has 2 aromatic carbocycles. The Morgan fingerprint density at radius 3 is 2.52 bits per heavy atom. The van der Waals surface area contributed by atoms with E-state index < -0.39 is 0 Å². The normalized spacial score (nSPS) is 10.6. The van der Waals surface area contributed by atoms with Crippen molar-refractivity contribution in [2.24, 2.45) is 0 Å². The number of carbonyl (C=O) groups is 1. The lowest BCUT2D eigenvalue weighted by Gasteiger charge is -2.07. The van der Waals surface area contributed by atoms with Gasteiger partial charge in [0.2, 0.25) is 5.91 Å². The first kappa shape index (κ1) is 17.2. The van der Waals surface area contributed by atoms with Crippen LogP contribution in [0.2, 0.25) is 10.0 Å². The number of halogens is 2. The summed E-state index contributed by atoms with van der Waals surface area (Å²) in [5.74, 6) is 0.974. The molecule has 2 rings (SSSR count). The van der Waals surface area contributed by atoms with Gasteiger partial charge in [0.1, 0.15) is 11.5 Å². The van der Waals surface area contributed by atoms with E-state index in [1.807, 2.05) is 0 Å². The predicted molar refractivity (Wildman–Crippen MR) is 93.7 cm³/mol. The minimum Gasteiger partial charge on any atom is -0.497 e. The molecule has 0 bridgehead atoms. The Labute approximate surface area is 144 Å². The molecule has 0 spiro atoms. The van der Waals surface area contributed by atoms with E-state index in [1.54, 1.807) is 56.7 Å². The Hall–Kier alpha value is -2.17. The maximum atomic E-state index is 12.0. The number of benzene rings is 2. The van der Waals surface area contributed by atoms with Gasteiger partial charge in [-0.15, -0.1) is 0 Å². The van der Waals surface area contributed by atoms with E-state index >= 15 is 0 Å². The topological polar surface area (TPSA) is 47.6 Å². The van der Waals surface area contributed by atoms with Gasteiger partial charge < -0.3 is 14.8 Å². The molecule has 0 aliphatic heterocycles. The summed E-state index contributed by atoms with van der Waals surface area (Å²) in [5, 5.41) is 3.57. The van der Waals surface area contributed by atoms with Gasteiger partial charge in [0.05, 0.1) is 24.9 Å². The van der Waals surface area contributed by atoms with Crippen LogP contribution in [0, 0.1) is 0 Å². The van der Waals surface area contributed by atoms with Crippen molar-refractivity contribution in [1.29, 1.82) is 0 Å². The van der Waals surface area contributed by atoms with Crippen LogP contribution in [0.3, 0.4) is 0 Å². The molecule has 1 amide bonds. The first-order valence-corrected chi connectivity index (χ1v) is 7.45. The molecule has 0 aliphatic carbocycles. The van der Waals surface area contributed by atoms with Gasteiger partial charge in [-0.2, -0.15) is 0 Å². The van der Waals surface area contributed by atoms with Gasteiger partial charge in [0.25, 0.3) is 0 Å². The summed E-state index contributed by atoms with van der Waals surface area (Å²) >= 11 is 11.8. The third kappa shape index (κ3) is 4.65. The maximum Gasteiger partial charge on any atom is 0.248 e. The lowest BCUT2D eigenvalue weighted by atomic mass is 10.1. The second kappa shape index (κ2) is 7.90. The molecule has 0 saturated carbocycles. The molecule has 4 nitrogen and oxygen atoms in total. The summed E-state index contributed by atoms with van der Waals surface area (Å²) in [6, 6.07) is 10.2. The summed E-state index contributed by atoms with van der Waals surface area (Å²) in [7, 11) is 3.13. The third-order valence-electron chi connectivity index (χ3n) is 3.04. The molecule has 0 unspecified atom stereocenters. The van der Waals surface area contributed by atoms with Crippen molar-refractivity contribution in [3.63, 3.8) is 0 Å². The molecule has 0 saturated heterocycles. The first-order valence-electron chi connectivity index (χ1n) is 6.69. The first-order chi connectivity index (χ1) is 11.0. The highest BCUT2D eigenvalue weighted by molar-refractivity contribution is 6.36. The van der Waals surface area contributed by atoms with Gasteiger partial charge >= 0.3 is 0 Å². The average molecular weight is 352 g/mol. The van der Waals surface area contributed by atoms with Gasteiger partial charge in [0.15, 0.2) is 0 Å². The van der Waals surface area contributed by atoms with E-state index in [9.17, 15) is 4.79 Å². The predicted octanol–water partition coefficient (Wildman–Crippen LogP) is 4.66. The summed E-state index contributed by atoms with van der Waals surface area (Å²) < 4.78 is 10.4.